The largest absolute Gasteiger partial charge is 0.207 e. The van der Waals surface area contributed by atoms with Crippen molar-refractivity contribution in [3.8, 4) is 0 Å². The van der Waals surface area contributed by atoms with Crippen molar-refractivity contribution < 1.29 is 8.78 Å². The van der Waals surface area contributed by atoms with Crippen LogP contribution in [0.2, 0.25) is 0 Å². The maximum atomic E-state index is 13.8. The van der Waals surface area contributed by atoms with Crippen molar-refractivity contribution in [2.75, 3.05) is 0 Å². The Morgan fingerprint density at radius 2 is 1.53 bits per heavy atom. The van der Waals surface area contributed by atoms with Crippen LogP contribution in [-0.4, -0.2) is 0 Å². The second-order valence-corrected chi connectivity index (χ2v) is 5.28. The van der Waals surface area contributed by atoms with Crippen molar-refractivity contribution in [3.05, 3.63) is 69.8 Å². The lowest BCUT2D eigenvalue weighted by molar-refractivity contribution is 0.573. The highest BCUT2D eigenvalue weighted by Crippen LogP contribution is 2.35. The average molecular weight is 281 g/mol. The van der Waals surface area contributed by atoms with Gasteiger partial charge >= 0.3 is 0 Å². The van der Waals surface area contributed by atoms with Crippen LogP contribution in [0.5, 0.6) is 0 Å². The average Bonchev–Trinajstić information content (AvgIpc) is 2.26. The standard InChI is InChI=1S/C16H15ClF2/c1-9-6-10(2)15(11(3)7-9)16(17)13-5-4-12(18)8-14(13)19/h4-8,16H,1-3H3. The molecule has 2 aromatic rings. The minimum Gasteiger partial charge on any atom is -0.207 e. The number of hydrogen-bond acceptors (Lipinski definition) is 0. The lowest BCUT2D eigenvalue weighted by Gasteiger charge is -2.17. The zero-order valence-electron chi connectivity index (χ0n) is 11.1. The van der Waals surface area contributed by atoms with Gasteiger partial charge in [0.15, 0.2) is 0 Å². The van der Waals surface area contributed by atoms with E-state index in [1.807, 2.05) is 32.9 Å². The predicted molar refractivity (Wildman–Crippen MR) is 74.7 cm³/mol. The van der Waals surface area contributed by atoms with Crippen molar-refractivity contribution in [1.29, 1.82) is 0 Å². The Hall–Kier alpha value is -1.41. The molecule has 0 aliphatic heterocycles. The van der Waals surface area contributed by atoms with Crippen molar-refractivity contribution in [2.45, 2.75) is 26.1 Å². The third kappa shape index (κ3) is 2.79. The van der Waals surface area contributed by atoms with Crippen LogP contribution in [0.25, 0.3) is 0 Å². The van der Waals surface area contributed by atoms with Gasteiger partial charge in [-0.15, -0.1) is 11.6 Å². The third-order valence-corrected chi connectivity index (χ3v) is 3.68. The van der Waals surface area contributed by atoms with Gasteiger partial charge in [-0.25, -0.2) is 8.78 Å². The van der Waals surface area contributed by atoms with E-state index in [9.17, 15) is 8.78 Å². The molecule has 0 amide bonds. The fourth-order valence-electron chi connectivity index (χ4n) is 2.45. The van der Waals surface area contributed by atoms with Crippen LogP contribution < -0.4 is 0 Å². The molecule has 0 fully saturated rings. The van der Waals surface area contributed by atoms with Crippen molar-refractivity contribution in [3.63, 3.8) is 0 Å². The number of halogens is 3. The summed E-state index contributed by atoms with van der Waals surface area (Å²) in [5.41, 5.74) is 4.36. The fourth-order valence-corrected chi connectivity index (χ4v) is 2.97. The first-order valence-corrected chi connectivity index (χ1v) is 6.50. The summed E-state index contributed by atoms with van der Waals surface area (Å²) in [6.07, 6.45) is 0. The molecular formula is C16H15ClF2. The van der Waals surface area contributed by atoms with Crippen LogP contribution >= 0.6 is 11.6 Å². The van der Waals surface area contributed by atoms with Gasteiger partial charge in [0.1, 0.15) is 11.6 Å². The Balaban J connectivity index is 2.53. The van der Waals surface area contributed by atoms with Crippen molar-refractivity contribution >= 4 is 11.6 Å². The first-order valence-electron chi connectivity index (χ1n) is 6.07. The first kappa shape index (κ1) is 14.0. The van der Waals surface area contributed by atoms with Gasteiger partial charge < -0.3 is 0 Å². The van der Waals surface area contributed by atoms with E-state index in [4.69, 9.17) is 11.6 Å². The molecule has 1 atom stereocenters. The van der Waals surface area contributed by atoms with Crippen LogP contribution in [-0.2, 0) is 0 Å². The number of rotatable bonds is 2. The van der Waals surface area contributed by atoms with E-state index >= 15 is 0 Å². The summed E-state index contributed by atoms with van der Waals surface area (Å²) in [6, 6.07) is 7.52. The normalized spacial score (nSPS) is 12.5. The topological polar surface area (TPSA) is 0 Å². The van der Waals surface area contributed by atoms with Gasteiger partial charge in [0, 0.05) is 11.6 Å². The summed E-state index contributed by atoms with van der Waals surface area (Å²) < 4.78 is 26.7. The first-order chi connectivity index (χ1) is 8.90. The third-order valence-electron chi connectivity index (χ3n) is 3.23. The highest BCUT2D eigenvalue weighted by molar-refractivity contribution is 6.22. The summed E-state index contributed by atoms with van der Waals surface area (Å²) in [7, 11) is 0. The van der Waals surface area contributed by atoms with Gasteiger partial charge in [-0.1, -0.05) is 23.8 Å². The SMILES string of the molecule is Cc1cc(C)c(C(Cl)c2ccc(F)cc2F)c(C)c1. The van der Waals surface area contributed by atoms with Crippen LogP contribution in [0.1, 0.15) is 33.2 Å². The summed E-state index contributed by atoms with van der Waals surface area (Å²) in [5.74, 6) is -1.21. The van der Waals surface area contributed by atoms with E-state index in [-0.39, 0.29) is 0 Å². The van der Waals surface area contributed by atoms with E-state index in [1.54, 1.807) is 0 Å². The van der Waals surface area contributed by atoms with E-state index in [0.717, 1.165) is 28.3 Å². The highest BCUT2D eigenvalue weighted by Gasteiger charge is 2.19. The van der Waals surface area contributed by atoms with E-state index in [1.165, 1.54) is 12.1 Å². The van der Waals surface area contributed by atoms with Gasteiger partial charge in [-0.05, 0) is 43.5 Å². The number of alkyl halides is 1. The van der Waals surface area contributed by atoms with Gasteiger partial charge in [-0.3, -0.25) is 0 Å². The van der Waals surface area contributed by atoms with Crippen molar-refractivity contribution in [1.82, 2.24) is 0 Å². The second kappa shape index (κ2) is 5.30. The van der Waals surface area contributed by atoms with Gasteiger partial charge in [-0.2, -0.15) is 0 Å². The zero-order valence-corrected chi connectivity index (χ0v) is 11.9. The number of hydrogen-bond donors (Lipinski definition) is 0. The Labute approximate surface area is 117 Å². The Morgan fingerprint density at radius 1 is 0.947 bits per heavy atom. The monoisotopic (exact) mass is 280 g/mol. The van der Waals surface area contributed by atoms with E-state index < -0.39 is 17.0 Å². The molecule has 0 heterocycles. The summed E-state index contributed by atoms with van der Waals surface area (Å²) in [6.45, 7) is 5.91. The molecule has 0 saturated carbocycles. The number of aryl methyl sites for hydroxylation is 3. The van der Waals surface area contributed by atoms with Gasteiger partial charge in [0.25, 0.3) is 0 Å². The molecule has 3 heteroatoms. The highest BCUT2D eigenvalue weighted by atomic mass is 35.5. The van der Waals surface area contributed by atoms with Gasteiger partial charge in [0.05, 0.1) is 5.38 Å². The minimum atomic E-state index is -0.612. The lowest BCUT2D eigenvalue weighted by atomic mass is 9.93. The van der Waals surface area contributed by atoms with E-state index in [0.29, 0.717) is 5.56 Å². The molecule has 0 aliphatic carbocycles. The molecule has 2 aromatic carbocycles. The molecule has 2 rings (SSSR count). The molecule has 100 valence electrons. The quantitative estimate of drug-likeness (QED) is 0.662. The number of benzene rings is 2. The molecule has 0 aliphatic rings. The van der Waals surface area contributed by atoms with E-state index in [2.05, 4.69) is 0 Å². The van der Waals surface area contributed by atoms with Crippen LogP contribution in [0.4, 0.5) is 8.78 Å². The second-order valence-electron chi connectivity index (χ2n) is 4.84. The maximum absolute atomic E-state index is 13.8. The van der Waals surface area contributed by atoms with Gasteiger partial charge in [0.2, 0.25) is 0 Å². The zero-order chi connectivity index (χ0) is 14.2. The Kier molecular flexibility index (Phi) is 3.91. The summed E-state index contributed by atoms with van der Waals surface area (Å²) in [5, 5.41) is -0.610. The molecule has 0 nitrogen and oxygen atoms in total. The van der Waals surface area contributed by atoms with Crippen LogP contribution in [0.15, 0.2) is 30.3 Å². The molecule has 0 bridgehead atoms. The molecule has 0 N–H and O–H groups in total. The molecule has 1 unspecified atom stereocenters. The maximum Gasteiger partial charge on any atom is 0.131 e. The fraction of sp³-hybridized carbons (Fsp3) is 0.250. The smallest absolute Gasteiger partial charge is 0.131 e. The molecular weight excluding hydrogens is 266 g/mol. The molecule has 0 spiro atoms. The Morgan fingerprint density at radius 3 is 2.05 bits per heavy atom. The van der Waals surface area contributed by atoms with Crippen LogP contribution in [0.3, 0.4) is 0 Å². The lowest BCUT2D eigenvalue weighted by Crippen LogP contribution is -2.03. The Bertz CT molecular complexity index is 597. The van der Waals surface area contributed by atoms with Crippen LogP contribution in [0, 0.1) is 32.4 Å². The minimum absolute atomic E-state index is 0.304. The molecule has 0 radical (unpaired) electrons. The molecule has 0 aromatic heterocycles. The summed E-state index contributed by atoms with van der Waals surface area (Å²) >= 11 is 6.39. The molecule has 19 heavy (non-hydrogen) atoms. The predicted octanol–water partition coefficient (Wildman–Crippen LogP) is 5.22. The molecule has 0 saturated heterocycles. The van der Waals surface area contributed by atoms with Crippen molar-refractivity contribution in [2.24, 2.45) is 0 Å². The summed E-state index contributed by atoms with van der Waals surface area (Å²) in [4.78, 5) is 0.